The number of nitrogens with zero attached hydrogens (tertiary/aromatic N) is 2. The highest BCUT2D eigenvalue weighted by molar-refractivity contribution is 5.87. The average Bonchev–Trinajstić information content (AvgIpc) is 2.72. The number of ether oxygens (including phenoxy) is 1. The summed E-state index contributed by atoms with van der Waals surface area (Å²) in [7, 11) is 0. The molecule has 1 heterocycles. The van der Waals surface area contributed by atoms with Crippen molar-refractivity contribution in [3.8, 4) is 5.75 Å². The van der Waals surface area contributed by atoms with Crippen LogP contribution in [0.5, 0.6) is 5.75 Å². The maximum absolute atomic E-state index is 12.0. The fourth-order valence-electron chi connectivity index (χ4n) is 3.30. The van der Waals surface area contributed by atoms with E-state index in [9.17, 15) is 4.79 Å². The van der Waals surface area contributed by atoms with E-state index >= 15 is 0 Å². The van der Waals surface area contributed by atoms with E-state index in [2.05, 4.69) is 60.5 Å². The smallest absolute Gasteiger partial charge is 0.277 e. The Balaban J connectivity index is 1.38. The summed E-state index contributed by atoms with van der Waals surface area (Å²) in [5.74, 6) is 0.458. The fraction of sp³-hybridized carbons (Fsp3) is 0.417. The number of hydrogen-bond acceptors (Lipinski definition) is 4. The third-order valence-corrected chi connectivity index (χ3v) is 5.11. The number of rotatable bonds is 6. The first-order valence-corrected chi connectivity index (χ1v) is 10.2. The average molecular weight is 394 g/mol. The van der Waals surface area contributed by atoms with Gasteiger partial charge in [0.15, 0.2) is 6.61 Å². The fourth-order valence-corrected chi connectivity index (χ4v) is 3.30. The summed E-state index contributed by atoms with van der Waals surface area (Å²) in [4.78, 5) is 14.5. The number of nitrogens with one attached hydrogen (secondary N) is 1. The standard InChI is InChI=1S/C24H31N3O2/c1-24(2,3)20-9-11-22(12-10-20)29-18-23(28)26-25-21-13-15-27(16-14-21)17-19-7-5-4-6-8-19/h4-12H,13-18H2,1-3H3,(H,26,28). The molecule has 5 nitrogen and oxygen atoms in total. The largest absolute Gasteiger partial charge is 0.484 e. The van der Waals surface area contributed by atoms with E-state index in [0.717, 1.165) is 38.2 Å². The SMILES string of the molecule is CC(C)(C)c1ccc(OCC(=O)NN=C2CCN(Cc3ccccc3)CC2)cc1. The highest BCUT2D eigenvalue weighted by Crippen LogP contribution is 2.24. The first kappa shape index (κ1) is 21.1. The number of likely N-dealkylation sites (tertiary alicyclic amines) is 1. The van der Waals surface area contributed by atoms with E-state index in [1.165, 1.54) is 11.1 Å². The van der Waals surface area contributed by atoms with Gasteiger partial charge in [-0.05, 0) is 28.7 Å². The summed E-state index contributed by atoms with van der Waals surface area (Å²) < 4.78 is 5.57. The van der Waals surface area contributed by atoms with Crippen molar-refractivity contribution < 1.29 is 9.53 Å². The zero-order valence-corrected chi connectivity index (χ0v) is 17.6. The Morgan fingerprint density at radius 2 is 1.69 bits per heavy atom. The first-order valence-electron chi connectivity index (χ1n) is 10.2. The van der Waals surface area contributed by atoms with E-state index in [-0.39, 0.29) is 17.9 Å². The molecule has 0 unspecified atom stereocenters. The molecule has 2 aromatic rings. The van der Waals surface area contributed by atoms with Gasteiger partial charge in [-0.15, -0.1) is 0 Å². The molecule has 1 aliphatic rings. The van der Waals surface area contributed by atoms with Crippen molar-refractivity contribution in [2.45, 2.75) is 45.6 Å². The van der Waals surface area contributed by atoms with Gasteiger partial charge in [0.2, 0.25) is 0 Å². The van der Waals surface area contributed by atoms with Crippen LogP contribution in [-0.4, -0.2) is 36.2 Å². The van der Waals surface area contributed by atoms with Crippen molar-refractivity contribution in [2.75, 3.05) is 19.7 Å². The lowest BCUT2D eigenvalue weighted by Crippen LogP contribution is -2.35. The summed E-state index contributed by atoms with van der Waals surface area (Å²) >= 11 is 0. The van der Waals surface area contributed by atoms with Crippen molar-refractivity contribution in [3.63, 3.8) is 0 Å². The number of carbonyl (C=O) groups excluding carboxylic acids is 1. The van der Waals surface area contributed by atoms with Gasteiger partial charge in [0.25, 0.3) is 5.91 Å². The lowest BCUT2D eigenvalue weighted by Gasteiger charge is -2.27. The molecule has 0 atom stereocenters. The molecule has 1 aliphatic heterocycles. The molecule has 3 rings (SSSR count). The van der Waals surface area contributed by atoms with Crippen LogP contribution in [0.1, 0.15) is 44.7 Å². The van der Waals surface area contributed by atoms with Crippen LogP contribution in [0, 0.1) is 0 Å². The quantitative estimate of drug-likeness (QED) is 0.751. The van der Waals surface area contributed by atoms with Crippen LogP contribution in [0.15, 0.2) is 59.7 Å². The number of hydrazone groups is 1. The first-order chi connectivity index (χ1) is 13.9. The summed E-state index contributed by atoms with van der Waals surface area (Å²) in [6, 6.07) is 18.4. The topological polar surface area (TPSA) is 53.9 Å². The van der Waals surface area contributed by atoms with Gasteiger partial charge in [-0.25, -0.2) is 5.43 Å². The van der Waals surface area contributed by atoms with E-state index in [4.69, 9.17) is 4.74 Å². The molecule has 5 heteroatoms. The van der Waals surface area contributed by atoms with Gasteiger partial charge in [-0.1, -0.05) is 63.2 Å². The molecule has 0 spiro atoms. The minimum absolute atomic E-state index is 0.0359. The third-order valence-electron chi connectivity index (χ3n) is 5.11. The Bertz CT molecular complexity index is 813. The monoisotopic (exact) mass is 393 g/mol. The Labute approximate surface area is 173 Å². The number of amides is 1. The Kier molecular flexibility index (Phi) is 7.04. The summed E-state index contributed by atoms with van der Waals surface area (Å²) in [6.45, 7) is 9.35. The van der Waals surface area contributed by atoms with Crippen molar-refractivity contribution in [3.05, 3.63) is 65.7 Å². The molecule has 1 amide bonds. The molecule has 29 heavy (non-hydrogen) atoms. The Hall–Kier alpha value is -2.66. The number of benzene rings is 2. The predicted molar refractivity (Wildman–Crippen MR) is 117 cm³/mol. The van der Waals surface area contributed by atoms with Gasteiger partial charge < -0.3 is 4.74 Å². The highest BCUT2D eigenvalue weighted by Gasteiger charge is 2.16. The Morgan fingerprint density at radius 1 is 1.03 bits per heavy atom. The lowest BCUT2D eigenvalue weighted by molar-refractivity contribution is -0.123. The summed E-state index contributed by atoms with van der Waals surface area (Å²) in [5.41, 5.74) is 6.33. The molecular formula is C24H31N3O2. The molecule has 0 aliphatic carbocycles. The number of hydrogen-bond donors (Lipinski definition) is 1. The number of piperidine rings is 1. The zero-order valence-electron chi connectivity index (χ0n) is 17.6. The highest BCUT2D eigenvalue weighted by atomic mass is 16.5. The zero-order chi connectivity index (χ0) is 20.7. The third kappa shape index (κ3) is 6.71. The van der Waals surface area contributed by atoms with Crippen LogP contribution in [0.2, 0.25) is 0 Å². The van der Waals surface area contributed by atoms with Crippen molar-refractivity contribution in [1.29, 1.82) is 0 Å². The van der Waals surface area contributed by atoms with Gasteiger partial charge in [-0.2, -0.15) is 5.10 Å². The molecule has 0 bridgehead atoms. The van der Waals surface area contributed by atoms with Crippen LogP contribution >= 0.6 is 0 Å². The van der Waals surface area contributed by atoms with E-state index in [0.29, 0.717) is 5.75 Å². The minimum atomic E-state index is -0.232. The summed E-state index contributed by atoms with van der Waals surface area (Å²) in [6.07, 6.45) is 1.75. The molecule has 0 saturated carbocycles. The molecule has 0 radical (unpaired) electrons. The van der Waals surface area contributed by atoms with Crippen molar-refractivity contribution in [2.24, 2.45) is 5.10 Å². The molecule has 154 valence electrons. The molecule has 1 saturated heterocycles. The second-order valence-corrected chi connectivity index (χ2v) is 8.54. The molecule has 0 aromatic heterocycles. The van der Waals surface area contributed by atoms with Crippen LogP contribution in [0.4, 0.5) is 0 Å². The molecular weight excluding hydrogens is 362 g/mol. The van der Waals surface area contributed by atoms with Gasteiger partial charge in [0, 0.05) is 38.2 Å². The summed E-state index contributed by atoms with van der Waals surface area (Å²) in [5, 5.41) is 4.29. The molecule has 1 N–H and O–H groups in total. The lowest BCUT2D eigenvalue weighted by atomic mass is 9.87. The normalized spacial score (nSPS) is 15.1. The molecule has 1 fully saturated rings. The van der Waals surface area contributed by atoms with Crippen molar-refractivity contribution in [1.82, 2.24) is 10.3 Å². The maximum Gasteiger partial charge on any atom is 0.277 e. The second kappa shape index (κ2) is 9.70. The van der Waals surface area contributed by atoms with Gasteiger partial charge in [-0.3, -0.25) is 9.69 Å². The van der Waals surface area contributed by atoms with Crippen molar-refractivity contribution >= 4 is 11.6 Å². The van der Waals surface area contributed by atoms with Gasteiger partial charge in [0.1, 0.15) is 5.75 Å². The van der Waals surface area contributed by atoms with Gasteiger partial charge in [0.05, 0.1) is 0 Å². The minimum Gasteiger partial charge on any atom is -0.484 e. The number of carbonyl (C=O) groups is 1. The Morgan fingerprint density at radius 3 is 2.31 bits per heavy atom. The van der Waals surface area contributed by atoms with Crippen LogP contribution < -0.4 is 10.2 Å². The molecule has 2 aromatic carbocycles. The second-order valence-electron chi connectivity index (χ2n) is 8.54. The predicted octanol–water partition coefficient (Wildman–Crippen LogP) is 4.13. The maximum atomic E-state index is 12.0. The van der Waals surface area contributed by atoms with Crippen LogP contribution in [-0.2, 0) is 16.8 Å². The van der Waals surface area contributed by atoms with Crippen LogP contribution in [0.25, 0.3) is 0 Å². The van der Waals surface area contributed by atoms with E-state index in [1.807, 2.05) is 30.3 Å². The van der Waals surface area contributed by atoms with Crippen LogP contribution in [0.3, 0.4) is 0 Å². The van der Waals surface area contributed by atoms with Gasteiger partial charge >= 0.3 is 0 Å². The van der Waals surface area contributed by atoms with E-state index in [1.54, 1.807) is 0 Å². The van der Waals surface area contributed by atoms with E-state index < -0.39 is 0 Å².